The lowest BCUT2D eigenvalue weighted by Gasteiger charge is -2.17. The molecule has 0 atom stereocenters. The average Bonchev–Trinajstić information content (AvgIpc) is 2.96. The van der Waals surface area contributed by atoms with Gasteiger partial charge in [-0.3, -0.25) is 13.9 Å². The third kappa shape index (κ3) is 3.43. The van der Waals surface area contributed by atoms with Crippen LogP contribution in [0.25, 0.3) is 0 Å². The van der Waals surface area contributed by atoms with Crippen molar-refractivity contribution >= 4 is 27.3 Å². The van der Waals surface area contributed by atoms with E-state index in [0.717, 1.165) is 0 Å². The second-order valence-corrected chi connectivity index (χ2v) is 7.96. The zero-order valence-electron chi connectivity index (χ0n) is 14.4. The number of rotatable bonds is 4. The molecule has 0 spiro atoms. The van der Waals surface area contributed by atoms with Crippen LogP contribution in [0, 0.1) is 0 Å². The van der Waals surface area contributed by atoms with Crippen LogP contribution in [0.4, 0.5) is 11.4 Å². The number of nitrogens with one attached hydrogen (secondary N) is 1. The highest BCUT2D eigenvalue weighted by Crippen LogP contribution is 2.25. The Morgan fingerprint density at radius 2 is 1.92 bits per heavy atom. The molecule has 0 aliphatic carbocycles. The maximum absolute atomic E-state index is 12.4. The topological polar surface area (TPSA) is 97.7 Å². The van der Waals surface area contributed by atoms with Gasteiger partial charge in [0.25, 0.3) is 5.91 Å². The Bertz CT molecular complexity index is 996. The maximum atomic E-state index is 12.4. The summed E-state index contributed by atoms with van der Waals surface area (Å²) in [6, 6.07) is 7.75. The molecule has 2 aromatic rings. The Morgan fingerprint density at radius 3 is 2.50 bits per heavy atom. The zero-order chi connectivity index (χ0) is 18.9. The van der Waals surface area contributed by atoms with Gasteiger partial charge in [0.15, 0.2) is 5.75 Å². The lowest BCUT2D eigenvalue weighted by Crippen LogP contribution is -2.25. The van der Waals surface area contributed by atoms with Gasteiger partial charge in [-0.15, -0.1) is 0 Å². The van der Waals surface area contributed by atoms with Crippen LogP contribution in [0.15, 0.2) is 41.3 Å². The number of anilines is 2. The zero-order valence-corrected chi connectivity index (χ0v) is 15.2. The van der Waals surface area contributed by atoms with E-state index in [1.165, 1.54) is 28.2 Å². The fraction of sp³-hybridized carbons (Fsp3) is 0.294. The van der Waals surface area contributed by atoms with Crippen molar-refractivity contribution in [1.82, 2.24) is 4.57 Å². The largest absolute Gasteiger partial charge is 0.491 e. The van der Waals surface area contributed by atoms with E-state index in [4.69, 9.17) is 4.74 Å². The predicted octanol–water partition coefficient (Wildman–Crippen LogP) is 1.19. The van der Waals surface area contributed by atoms with Gasteiger partial charge in [-0.2, -0.15) is 0 Å². The first kappa shape index (κ1) is 18.0. The molecule has 1 amide bonds. The molecular formula is C17H19N3O5S. The Balaban J connectivity index is 1.78. The van der Waals surface area contributed by atoms with Gasteiger partial charge in [-0.1, -0.05) is 0 Å². The number of methoxy groups -OCH3 is 1. The van der Waals surface area contributed by atoms with Crippen LogP contribution in [0.5, 0.6) is 5.75 Å². The first-order valence-corrected chi connectivity index (χ1v) is 9.59. The Kier molecular flexibility index (Phi) is 4.73. The van der Waals surface area contributed by atoms with E-state index in [1.54, 1.807) is 31.3 Å². The van der Waals surface area contributed by atoms with E-state index in [2.05, 4.69) is 5.32 Å². The van der Waals surface area contributed by atoms with E-state index >= 15 is 0 Å². The van der Waals surface area contributed by atoms with Gasteiger partial charge in [0, 0.05) is 25.3 Å². The van der Waals surface area contributed by atoms with Crippen molar-refractivity contribution in [3.63, 3.8) is 0 Å². The molecule has 1 fully saturated rings. The summed E-state index contributed by atoms with van der Waals surface area (Å²) in [5.41, 5.74) is 0.864. The van der Waals surface area contributed by atoms with Gasteiger partial charge in [0.05, 0.1) is 24.7 Å². The number of amides is 1. The third-order valence-corrected chi connectivity index (χ3v) is 6.04. The number of hydrogen-bond donors (Lipinski definition) is 1. The van der Waals surface area contributed by atoms with Crippen LogP contribution in [0.1, 0.15) is 16.9 Å². The van der Waals surface area contributed by atoms with Crippen molar-refractivity contribution in [3.8, 4) is 5.75 Å². The molecule has 9 heteroatoms. The summed E-state index contributed by atoms with van der Waals surface area (Å²) in [5, 5.41) is 2.69. The van der Waals surface area contributed by atoms with Crippen molar-refractivity contribution in [2.75, 3.05) is 29.0 Å². The molecule has 1 aliphatic rings. The summed E-state index contributed by atoms with van der Waals surface area (Å²) in [6.45, 7) is 0.460. The van der Waals surface area contributed by atoms with Gasteiger partial charge in [0.2, 0.25) is 15.5 Å². The molecule has 1 aromatic heterocycles. The summed E-state index contributed by atoms with van der Waals surface area (Å²) in [5.74, 6) is -0.147. The molecule has 1 saturated heterocycles. The highest BCUT2D eigenvalue weighted by Gasteiger charge is 2.28. The highest BCUT2D eigenvalue weighted by atomic mass is 32.2. The number of hydrogen-bond acceptors (Lipinski definition) is 5. The minimum absolute atomic E-state index is 0.150. The summed E-state index contributed by atoms with van der Waals surface area (Å²) >= 11 is 0. The van der Waals surface area contributed by atoms with E-state index in [-0.39, 0.29) is 22.6 Å². The van der Waals surface area contributed by atoms with Crippen molar-refractivity contribution in [3.05, 3.63) is 52.4 Å². The molecule has 0 radical (unpaired) electrons. The number of nitrogens with zero attached hydrogens (tertiary/aromatic N) is 2. The molecule has 138 valence electrons. The van der Waals surface area contributed by atoms with Crippen molar-refractivity contribution < 1.29 is 17.9 Å². The van der Waals surface area contributed by atoms with E-state index < -0.39 is 15.9 Å². The molecule has 1 aromatic carbocycles. The minimum atomic E-state index is -3.24. The first-order valence-electron chi connectivity index (χ1n) is 7.98. The summed E-state index contributed by atoms with van der Waals surface area (Å²) in [6.07, 6.45) is 2.05. The fourth-order valence-corrected chi connectivity index (χ4v) is 4.39. The molecular weight excluding hydrogens is 358 g/mol. The Labute approximate surface area is 151 Å². The number of sulfonamides is 1. The molecule has 0 saturated carbocycles. The highest BCUT2D eigenvalue weighted by molar-refractivity contribution is 7.93. The molecule has 3 rings (SSSR count). The van der Waals surface area contributed by atoms with Crippen molar-refractivity contribution in [2.24, 2.45) is 7.05 Å². The first-order chi connectivity index (χ1) is 12.3. The van der Waals surface area contributed by atoms with Crippen LogP contribution < -0.4 is 19.8 Å². The number of carbonyl (C=O) groups is 1. The van der Waals surface area contributed by atoms with Crippen molar-refractivity contribution in [2.45, 2.75) is 6.42 Å². The number of pyridine rings is 1. The molecule has 8 nitrogen and oxygen atoms in total. The summed E-state index contributed by atoms with van der Waals surface area (Å²) in [4.78, 5) is 24.3. The smallest absolute Gasteiger partial charge is 0.272 e. The lowest BCUT2D eigenvalue weighted by atomic mass is 10.2. The van der Waals surface area contributed by atoms with Gasteiger partial charge in [-0.05, 0) is 30.7 Å². The van der Waals surface area contributed by atoms with Crippen LogP contribution in [-0.2, 0) is 17.1 Å². The maximum Gasteiger partial charge on any atom is 0.272 e. The van der Waals surface area contributed by atoms with E-state index in [1.807, 2.05) is 0 Å². The van der Waals surface area contributed by atoms with Gasteiger partial charge in [-0.25, -0.2) is 8.42 Å². The normalized spacial score (nSPS) is 15.7. The number of aromatic nitrogens is 1. The molecule has 1 aliphatic heterocycles. The Hall–Kier alpha value is -2.81. The van der Waals surface area contributed by atoms with Crippen molar-refractivity contribution in [1.29, 1.82) is 0 Å². The number of aryl methyl sites for hydroxylation is 1. The number of carbonyl (C=O) groups excluding carboxylic acids is 1. The molecule has 26 heavy (non-hydrogen) atoms. The second kappa shape index (κ2) is 6.83. The van der Waals surface area contributed by atoms with Gasteiger partial charge < -0.3 is 14.6 Å². The minimum Gasteiger partial charge on any atom is -0.491 e. The quantitative estimate of drug-likeness (QED) is 0.863. The number of benzene rings is 1. The molecule has 2 heterocycles. The monoisotopic (exact) mass is 377 g/mol. The average molecular weight is 377 g/mol. The van der Waals surface area contributed by atoms with E-state index in [0.29, 0.717) is 24.3 Å². The lowest BCUT2D eigenvalue weighted by molar-refractivity contribution is 0.101. The second-order valence-electron chi connectivity index (χ2n) is 5.94. The van der Waals surface area contributed by atoms with Crippen LogP contribution in [0.3, 0.4) is 0 Å². The van der Waals surface area contributed by atoms with Crippen LogP contribution in [0.2, 0.25) is 0 Å². The summed E-state index contributed by atoms with van der Waals surface area (Å²) < 4.78 is 31.7. The van der Waals surface area contributed by atoms with Crippen LogP contribution in [-0.4, -0.2) is 38.3 Å². The Morgan fingerprint density at radius 1 is 1.23 bits per heavy atom. The number of ether oxygens (including phenoxy) is 1. The third-order valence-electron chi connectivity index (χ3n) is 4.17. The molecule has 0 bridgehead atoms. The van der Waals surface area contributed by atoms with Crippen LogP contribution >= 0.6 is 0 Å². The van der Waals surface area contributed by atoms with E-state index in [9.17, 15) is 18.0 Å². The predicted molar refractivity (Wildman–Crippen MR) is 98.4 cm³/mol. The molecule has 1 N–H and O–H groups in total. The fourth-order valence-electron chi connectivity index (χ4n) is 2.82. The SMILES string of the molecule is COc1cn(C)c(C(=O)Nc2ccc(N3CCCS3(=O)=O)cc2)cc1=O. The standard InChI is InChI=1S/C17H19N3O5S/c1-19-11-16(25-2)15(21)10-14(19)17(22)18-12-4-6-13(7-5-12)20-8-3-9-26(20,23)24/h4-7,10-11H,3,8-9H2,1-2H3,(H,18,22). The summed E-state index contributed by atoms with van der Waals surface area (Å²) in [7, 11) is -0.215. The van der Waals surface area contributed by atoms with Gasteiger partial charge in [0.1, 0.15) is 5.69 Å². The molecule has 0 unspecified atom stereocenters. The van der Waals surface area contributed by atoms with Gasteiger partial charge >= 0.3 is 0 Å².